The summed E-state index contributed by atoms with van der Waals surface area (Å²) in [5, 5.41) is 6.10. The number of Topliss-reactive ketones (excluding diaryl/α,β-unsaturated/α-hetero) is 1. The fraction of sp³-hybridized carbons (Fsp3) is 0.208. The Morgan fingerprint density at radius 2 is 1.45 bits per heavy atom. The summed E-state index contributed by atoms with van der Waals surface area (Å²) in [7, 11) is 0. The molecule has 0 aliphatic heterocycles. The monoisotopic (exact) mass is 387 g/mol. The Labute approximate surface area is 171 Å². The van der Waals surface area contributed by atoms with E-state index in [0.29, 0.717) is 11.3 Å². The third kappa shape index (κ3) is 5.29. The molecule has 0 spiro atoms. The summed E-state index contributed by atoms with van der Waals surface area (Å²) in [5.41, 5.74) is 4.53. The van der Waals surface area contributed by atoms with Crippen LogP contribution < -0.4 is 10.6 Å². The van der Waals surface area contributed by atoms with Crippen molar-refractivity contribution >= 4 is 28.8 Å². The van der Waals surface area contributed by atoms with E-state index < -0.39 is 0 Å². The molecule has 148 valence electrons. The predicted molar refractivity (Wildman–Crippen MR) is 117 cm³/mol. The lowest BCUT2D eigenvalue weighted by atomic mass is 9.87. The summed E-state index contributed by atoms with van der Waals surface area (Å²) >= 11 is 0. The van der Waals surface area contributed by atoms with E-state index in [2.05, 4.69) is 36.4 Å². The largest absolute Gasteiger partial charge is 0.355 e. The average molecular weight is 387 g/mol. The summed E-state index contributed by atoms with van der Waals surface area (Å²) in [4.78, 5) is 28.1. The van der Waals surface area contributed by atoms with Gasteiger partial charge in [-0.05, 0) is 66.4 Å². The third-order valence-corrected chi connectivity index (χ3v) is 4.58. The van der Waals surface area contributed by atoms with E-state index in [1.807, 2.05) is 36.4 Å². The van der Waals surface area contributed by atoms with Crippen molar-refractivity contribution in [2.45, 2.75) is 33.1 Å². The average Bonchev–Trinajstić information content (AvgIpc) is 2.68. The lowest BCUT2D eigenvalue weighted by Gasteiger charge is -2.19. The van der Waals surface area contributed by atoms with Crippen LogP contribution in [0.4, 0.5) is 17.1 Å². The molecule has 3 rings (SSSR count). The van der Waals surface area contributed by atoms with Gasteiger partial charge in [-0.25, -0.2) is 0 Å². The van der Waals surface area contributed by atoms with Gasteiger partial charge in [-0.2, -0.15) is 0 Å². The van der Waals surface area contributed by atoms with Crippen LogP contribution in [0.15, 0.2) is 66.9 Å². The van der Waals surface area contributed by atoms with Gasteiger partial charge in [0, 0.05) is 28.8 Å². The van der Waals surface area contributed by atoms with Crippen molar-refractivity contribution in [1.82, 2.24) is 4.98 Å². The molecule has 1 amide bonds. The zero-order chi connectivity index (χ0) is 21.0. The minimum absolute atomic E-state index is 0.0231. The fourth-order valence-electron chi connectivity index (χ4n) is 2.84. The number of rotatable bonds is 5. The summed E-state index contributed by atoms with van der Waals surface area (Å²) in [6, 6.07) is 18.5. The van der Waals surface area contributed by atoms with Gasteiger partial charge in [-0.15, -0.1) is 0 Å². The lowest BCUT2D eigenvalue weighted by molar-refractivity contribution is 0.101. The van der Waals surface area contributed by atoms with Crippen LogP contribution in [-0.4, -0.2) is 16.7 Å². The van der Waals surface area contributed by atoms with E-state index in [4.69, 9.17) is 0 Å². The van der Waals surface area contributed by atoms with Crippen molar-refractivity contribution in [1.29, 1.82) is 0 Å². The molecule has 5 nitrogen and oxygen atoms in total. The topological polar surface area (TPSA) is 71.1 Å². The molecule has 2 aromatic carbocycles. The van der Waals surface area contributed by atoms with Gasteiger partial charge in [0.25, 0.3) is 5.91 Å². The van der Waals surface area contributed by atoms with Crippen molar-refractivity contribution in [3.63, 3.8) is 0 Å². The summed E-state index contributed by atoms with van der Waals surface area (Å²) in [6.07, 6.45) is 1.59. The molecule has 0 saturated heterocycles. The maximum absolute atomic E-state index is 12.6. The molecule has 2 N–H and O–H groups in total. The van der Waals surface area contributed by atoms with Gasteiger partial charge in [0.15, 0.2) is 5.78 Å². The molecule has 0 aliphatic rings. The van der Waals surface area contributed by atoms with Crippen LogP contribution in [0.5, 0.6) is 0 Å². The second-order valence-electron chi connectivity index (χ2n) is 7.97. The van der Waals surface area contributed by atoms with Crippen LogP contribution >= 0.6 is 0 Å². The normalized spacial score (nSPS) is 11.0. The number of benzene rings is 2. The molecular formula is C24H25N3O2. The van der Waals surface area contributed by atoms with Crippen molar-refractivity contribution in [3.8, 4) is 0 Å². The van der Waals surface area contributed by atoms with Crippen LogP contribution in [0.3, 0.4) is 0 Å². The van der Waals surface area contributed by atoms with Gasteiger partial charge < -0.3 is 10.6 Å². The molecule has 0 bridgehead atoms. The number of amides is 1. The molecule has 0 fully saturated rings. The van der Waals surface area contributed by atoms with E-state index >= 15 is 0 Å². The number of aromatic nitrogens is 1. The number of pyridine rings is 1. The van der Waals surface area contributed by atoms with Crippen molar-refractivity contribution in [2.24, 2.45) is 0 Å². The molecule has 0 atom stereocenters. The molecule has 0 unspecified atom stereocenters. The second kappa shape index (κ2) is 8.27. The highest BCUT2D eigenvalue weighted by atomic mass is 16.2. The van der Waals surface area contributed by atoms with E-state index in [-0.39, 0.29) is 17.1 Å². The number of hydrogen-bond acceptors (Lipinski definition) is 4. The van der Waals surface area contributed by atoms with Gasteiger partial charge in [-0.3, -0.25) is 14.6 Å². The molecule has 0 radical (unpaired) electrons. The highest BCUT2D eigenvalue weighted by molar-refractivity contribution is 6.03. The van der Waals surface area contributed by atoms with E-state index in [1.54, 1.807) is 30.5 Å². The number of ketones is 1. The zero-order valence-corrected chi connectivity index (χ0v) is 17.1. The second-order valence-corrected chi connectivity index (χ2v) is 7.97. The molecular weight excluding hydrogens is 362 g/mol. The van der Waals surface area contributed by atoms with Crippen molar-refractivity contribution in [3.05, 3.63) is 83.7 Å². The van der Waals surface area contributed by atoms with Crippen molar-refractivity contribution in [2.75, 3.05) is 10.6 Å². The van der Waals surface area contributed by atoms with Gasteiger partial charge >= 0.3 is 0 Å². The van der Waals surface area contributed by atoms with Crippen LogP contribution in [0.25, 0.3) is 0 Å². The first-order valence-corrected chi connectivity index (χ1v) is 9.48. The molecule has 0 aliphatic carbocycles. The maximum atomic E-state index is 12.6. The first kappa shape index (κ1) is 20.3. The molecule has 1 aromatic heterocycles. The minimum Gasteiger partial charge on any atom is -0.355 e. The van der Waals surface area contributed by atoms with Gasteiger partial charge in [0.1, 0.15) is 5.69 Å². The Kier molecular flexibility index (Phi) is 5.78. The number of nitrogens with one attached hydrogen (secondary N) is 2. The smallest absolute Gasteiger partial charge is 0.274 e. The molecule has 1 heterocycles. The van der Waals surface area contributed by atoms with Gasteiger partial charge in [-0.1, -0.05) is 32.9 Å². The first-order chi connectivity index (χ1) is 13.7. The highest BCUT2D eigenvalue weighted by Gasteiger charge is 2.14. The van der Waals surface area contributed by atoms with E-state index in [9.17, 15) is 9.59 Å². The molecule has 0 saturated carbocycles. The molecule has 5 heteroatoms. The molecule has 29 heavy (non-hydrogen) atoms. The van der Waals surface area contributed by atoms with Gasteiger partial charge in [0.2, 0.25) is 0 Å². The Morgan fingerprint density at radius 1 is 0.828 bits per heavy atom. The number of hydrogen-bond donors (Lipinski definition) is 2. The van der Waals surface area contributed by atoms with Crippen LogP contribution in [0.2, 0.25) is 0 Å². The Balaban J connectivity index is 1.70. The minimum atomic E-state index is -0.274. The number of anilines is 3. The quantitative estimate of drug-likeness (QED) is 0.561. The third-order valence-electron chi connectivity index (χ3n) is 4.58. The Bertz CT molecular complexity index is 1020. The fourth-order valence-corrected chi connectivity index (χ4v) is 2.84. The van der Waals surface area contributed by atoms with Crippen LogP contribution in [-0.2, 0) is 5.41 Å². The zero-order valence-electron chi connectivity index (χ0n) is 17.1. The highest BCUT2D eigenvalue weighted by Crippen LogP contribution is 2.24. The number of carbonyl (C=O) groups excluding carboxylic acids is 2. The number of carbonyl (C=O) groups is 2. The predicted octanol–water partition coefficient (Wildman–Crippen LogP) is 5.58. The molecule has 3 aromatic rings. The standard InChI is InChI=1S/C24H25N3O2/c1-16(28)17-5-9-19(10-6-17)26-21-13-14-25-22(15-21)23(29)27-20-11-7-18(8-12-20)24(2,3)4/h5-15H,1-4H3,(H,25,26)(H,27,29). The first-order valence-electron chi connectivity index (χ1n) is 9.48. The maximum Gasteiger partial charge on any atom is 0.274 e. The van der Waals surface area contributed by atoms with E-state index in [1.165, 1.54) is 12.5 Å². The number of nitrogens with zero attached hydrogens (tertiary/aromatic N) is 1. The van der Waals surface area contributed by atoms with Crippen LogP contribution in [0.1, 0.15) is 54.1 Å². The van der Waals surface area contributed by atoms with Crippen molar-refractivity contribution < 1.29 is 9.59 Å². The summed E-state index contributed by atoms with van der Waals surface area (Å²) in [6.45, 7) is 7.98. The Morgan fingerprint density at radius 3 is 2.03 bits per heavy atom. The summed E-state index contributed by atoms with van der Waals surface area (Å²) < 4.78 is 0. The SMILES string of the molecule is CC(=O)c1ccc(Nc2ccnc(C(=O)Nc3ccc(C(C)(C)C)cc3)c2)cc1. The van der Waals surface area contributed by atoms with Gasteiger partial charge in [0.05, 0.1) is 0 Å². The van der Waals surface area contributed by atoms with Crippen LogP contribution in [0, 0.1) is 0 Å². The van der Waals surface area contributed by atoms with E-state index in [0.717, 1.165) is 17.1 Å². The Hall–Kier alpha value is -3.47. The summed E-state index contributed by atoms with van der Waals surface area (Å²) in [5.74, 6) is -0.251. The lowest BCUT2D eigenvalue weighted by Crippen LogP contribution is -2.15.